The second-order valence-corrected chi connectivity index (χ2v) is 9.88. The van der Waals surface area contributed by atoms with E-state index in [-0.39, 0.29) is 24.3 Å². The van der Waals surface area contributed by atoms with Gasteiger partial charge in [0.2, 0.25) is 5.91 Å². The third-order valence-corrected chi connectivity index (χ3v) is 7.46. The third kappa shape index (κ3) is 3.90. The average Bonchev–Trinajstić information content (AvgIpc) is 3.25. The fraction of sp³-hybridized carbons (Fsp3) is 0.357. The van der Waals surface area contributed by atoms with Crippen molar-refractivity contribution in [2.24, 2.45) is 0 Å². The van der Waals surface area contributed by atoms with Crippen LogP contribution in [-0.2, 0) is 16.8 Å². The van der Waals surface area contributed by atoms with Gasteiger partial charge in [0.15, 0.2) is 0 Å². The van der Waals surface area contributed by atoms with Crippen LogP contribution in [0.5, 0.6) is 0 Å². The molecule has 1 amide bonds. The van der Waals surface area contributed by atoms with Crippen LogP contribution in [0.4, 0.5) is 15.9 Å². The van der Waals surface area contributed by atoms with E-state index in [1.807, 2.05) is 46.0 Å². The molecule has 0 saturated carbocycles. The number of hydrogen-bond acceptors (Lipinski definition) is 6. The number of aryl methyl sites for hydroxylation is 1. The summed E-state index contributed by atoms with van der Waals surface area (Å²) in [6, 6.07) is 13.9. The molecule has 2 atom stereocenters. The molecule has 1 spiro atoms. The Bertz CT molecular complexity index is 1380. The minimum Gasteiger partial charge on any atom is -0.363 e. The smallest absolute Gasteiger partial charge is 0.240 e. The lowest BCUT2D eigenvalue weighted by atomic mass is 9.76. The highest BCUT2D eigenvalue weighted by Crippen LogP contribution is 2.44. The van der Waals surface area contributed by atoms with Gasteiger partial charge in [0, 0.05) is 17.8 Å². The molecular formula is C28H29FN6O. The number of halogens is 1. The number of aromatic nitrogens is 2. The number of rotatable bonds is 4. The molecule has 0 radical (unpaired) electrons. The van der Waals surface area contributed by atoms with E-state index in [1.54, 1.807) is 17.0 Å². The fourth-order valence-corrected chi connectivity index (χ4v) is 5.57. The van der Waals surface area contributed by atoms with Gasteiger partial charge in [0.1, 0.15) is 22.9 Å². The van der Waals surface area contributed by atoms with Crippen LogP contribution >= 0.6 is 0 Å². The standard InChI is InChI=1S/C28H29FN6O/c1-17-20(14-30)6-5-7-23(17)18(2)31-26-24-15-35(22-10-8-21(29)9-11-22)27(36)28(12-13-34(4)16-28)25(24)32-19(3)33-26/h5-11,18H,12-13,15-16H2,1-4H3,(H,31,32,33)/t18-,28-/m1/s1. The number of hydrogen-bond donors (Lipinski definition) is 1. The summed E-state index contributed by atoms with van der Waals surface area (Å²) < 4.78 is 13.7. The number of likely N-dealkylation sites (N-methyl/N-ethyl adjacent to an activating group) is 1. The van der Waals surface area contributed by atoms with Gasteiger partial charge >= 0.3 is 0 Å². The quantitative estimate of drug-likeness (QED) is 0.591. The number of carbonyl (C=O) groups excluding carboxylic acids is 1. The molecule has 0 aliphatic carbocycles. The molecule has 3 aromatic rings. The van der Waals surface area contributed by atoms with Crippen molar-refractivity contribution in [3.8, 4) is 6.07 Å². The van der Waals surface area contributed by atoms with Crippen LogP contribution in [0.25, 0.3) is 0 Å². The first kappa shape index (κ1) is 23.9. The van der Waals surface area contributed by atoms with Crippen molar-refractivity contribution in [3.05, 3.63) is 82.1 Å². The average molecular weight is 485 g/mol. The predicted molar refractivity (Wildman–Crippen MR) is 136 cm³/mol. The molecule has 2 aliphatic rings. The Kier molecular flexibility index (Phi) is 5.97. The lowest BCUT2D eigenvalue weighted by Crippen LogP contribution is -2.53. The molecule has 0 bridgehead atoms. The Labute approximate surface area is 210 Å². The van der Waals surface area contributed by atoms with Crippen LogP contribution < -0.4 is 10.2 Å². The number of fused-ring (bicyclic) bond motifs is 2. The van der Waals surface area contributed by atoms with Gasteiger partial charge in [0.05, 0.1) is 29.9 Å². The van der Waals surface area contributed by atoms with Gasteiger partial charge in [-0.3, -0.25) is 4.79 Å². The number of anilines is 2. The second-order valence-electron chi connectivity index (χ2n) is 9.88. The summed E-state index contributed by atoms with van der Waals surface area (Å²) >= 11 is 0. The zero-order chi connectivity index (χ0) is 25.6. The van der Waals surface area contributed by atoms with E-state index in [4.69, 9.17) is 9.97 Å². The fourth-order valence-electron chi connectivity index (χ4n) is 5.57. The maximum Gasteiger partial charge on any atom is 0.240 e. The van der Waals surface area contributed by atoms with Crippen molar-refractivity contribution in [1.82, 2.24) is 14.9 Å². The molecule has 1 fully saturated rings. The topological polar surface area (TPSA) is 85.1 Å². The molecule has 2 aliphatic heterocycles. The first-order valence-electron chi connectivity index (χ1n) is 12.1. The molecule has 0 unspecified atom stereocenters. The van der Waals surface area contributed by atoms with E-state index in [9.17, 15) is 14.4 Å². The first-order chi connectivity index (χ1) is 17.2. The number of nitrogens with one attached hydrogen (secondary N) is 1. The highest BCUT2D eigenvalue weighted by molar-refractivity contribution is 6.03. The van der Waals surface area contributed by atoms with Crippen LogP contribution in [0.3, 0.4) is 0 Å². The summed E-state index contributed by atoms with van der Waals surface area (Å²) in [4.78, 5) is 27.5. The van der Waals surface area contributed by atoms with Gasteiger partial charge in [-0.2, -0.15) is 5.26 Å². The van der Waals surface area contributed by atoms with Gasteiger partial charge < -0.3 is 15.1 Å². The van der Waals surface area contributed by atoms with Gasteiger partial charge in [-0.05, 0) is 82.2 Å². The second kappa shape index (κ2) is 8.99. The number of carbonyl (C=O) groups is 1. The van der Waals surface area contributed by atoms with Crippen LogP contribution in [0, 0.1) is 31.0 Å². The van der Waals surface area contributed by atoms with Gasteiger partial charge in [0.25, 0.3) is 0 Å². The van der Waals surface area contributed by atoms with Crippen molar-refractivity contribution < 1.29 is 9.18 Å². The zero-order valence-corrected chi connectivity index (χ0v) is 21.0. The summed E-state index contributed by atoms with van der Waals surface area (Å²) in [5, 5.41) is 13.0. The summed E-state index contributed by atoms with van der Waals surface area (Å²) in [5.41, 5.74) is 4.09. The molecule has 1 aromatic heterocycles. The molecule has 8 heteroatoms. The van der Waals surface area contributed by atoms with Crippen LogP contribution in [0.1, 0.15) is 53.2 Å². The number of nitrogens with zero attached hydrogens (tertiary/aromatic N) is 5. The Hall–Kier alpha value is -3.83. The number of amides is 1. The highest BCUT2D eigenvalue weighted by atomic mass is 19.1. The number of likely N-dealkylation sites (tertiary alicyclic amines) is 1. The van der Waals surface area contributed by atoms with Gasteiger partial charge in [-0.1, -0.05) is 12.1 Å². The van der Waals surface area contributed by atoms with E-state index in [2.05, 4.69) is 16.3 Å². The summed E-state index contributed by atoms with van der Waals surface area (Å²) in [6.45, 7) is 7.47. The number of nitriles is 1. The molecule has 2 aromatic carbocycles. The zero-order valence-electron chi connectivity index (χ0n) is 21.0. The molecule has 3 heterocycles. The minimum atomic E-state index is -0.791. The lowest BCUT2D eigenvalue weighted by Gasteiger charge is -2.41. The lowest BCUT2D eigenvalue weighted by molar-refractivity contribution is -0.124. The van der Waals surface area contributed by atoms with Crippen LogP contribution in [0.15, 0.2) is 42.5 Å². The van der Waals surface area contributed by atoms with Crippen molar-refractivity contribution in [2.45, 2.75) is 45.2 Å². The monoisotopic (exact) mass is 484 g/mol. The highest BCUT2D eigenvalue weighted by Gasteiger charge is 2.53. The van der Waals surface area contributed by atoms with E-state index in [0.717, 1.165) is 28.9 Å². The van der Waals surface area contributed by atoms with Crippen molar-refractivity contribution in [3.63, 3.8) is 0 Å². The van der Waals surface area contributed by atoms with Crippen molar-refractivity contribution in [1.29, 1.82) is 5.26 Å². The predicted octanol–water partition coefficient (Wildman–Crippen LogP) is 4.40. The number of benzene rings is 2. The maximum atomic E-state index is 14.0. The van der Waals surface area contributed by atoms with Crippen molar-refractivity contribution >= 4 is 17.4 Å². The molecular weight excluding hydrogens is 455 g/mol. The van der Waals surface area contributed by atoms with Crippen LogP contribution in [0.2, 0.25) is 0 Å². The van der Waals surface area contributed by atoms with E-state index < -0.39 is 5.41 Å². The molecule has 5 rings (SSSR count). The van der Waals surface area contributed by atoms with Crippen LogP contribution in [-0.4, -0.2) is 40.9 Å². The van der Waals surface area contributed by atoms with Crippen molar-refractivity contribution in [2.75, 3.05) is 30.4 Å². The maximum absolute atomic E-state index is 14.0. The molecule has 184 valence electrons. The molecule has 1 saturated heterocycles. The first-order valence-corrected chi connectivity index (χ1v) is 12.1. The summed E-state index contributed by atoms with van der Waals surface area (Å²) in [5.74, 6) is 0.924. The van der Waals surface area contributed by atoms with E-state index in [0.29, 0.717) is 35.9 Å². The normalized spacial score (nSPS) is 20.3. The summed E-state index contributed by atoms with van der Waals surface area (Å²) in [7, 11) is 2.01. The molecule has 1 N–H and O–H groups in total. The third-order valence-electron chi connectivity index (χ3n) is 7.46. The van der Waals surface area contributed by atoms with Gasteiger partial charge in [-0.25, -0.2) is 14.4 Å². The SMILES string of the molecule is Cc1nc(N[C@H](C)c2cccc(C#N)c2C)c2c(n1)[C@]1(CCN(C)C1)C(=O)N(c1ccc(F)cc1)C2. The molecule has 7 nitrogen and oxygen atoms in total. The molecule has 36 heavy (non-hydrogen) atoms. The Morgan fingerprint density at radius 3 is 2.58 bits per heavy atom. The summed E-state index contributed by atoms with van der Waals surface area (Å²) in [6.07, 6.45) is 0.655. The van der Waals surface area contributed by atoms with Gasteiger partial charge in [-0.15, -0.1) is 0 Å². The Balaban J connectivity index is 1.62. The largest absolute Gasteiger partial charge is 0.363 e. The Morgan fingerprint density at radius 1 is 1.17 bits per heavy atom. The van der Waals surface area contributed by atoms with E-state index >= 15 is 0 Å². The Morgan fingerprint density at radius 2 is 1.92 bits per heavy atom. The van der Waals surface area contributed by atoms with E-state index in [1.165, 1.54) is 12.1 Å². The minimum absolute atomic E-state index is 0.0133.